The molecule has 0 radical (unpaired) electrons. The highest BCUT2D eigenvalue weighted by atomic mass is 35.5. The third-order valence-corrected chi connectivity index (χ3v) is 2.42. The zero-order valence-electron chi connectivity index (χ0n) is 9.93. The Balaban J connectivity index is 2.42. The SMILES string of the molecule is CCOC(=O)c1nn(-c2ncc(Cl)cc2F)cc1N. The van der Waals surface area contributed by atoms with E-state index in [0.717, 1.165) is 10.7 Å². The van der Waals surface area contributed by atoms with Crippen molar-refractivity contribution in [2.45, 2.75) is 6.92 Å². The zero-order valence-corrected chi connectivity index (χ0v) is 10.7. The van der Waals surface area contributed by atoms with Crippen LogP contribution in [0, 0.1) is 5.82 Å². The van der Waals surface area contributed by atoms with Crippen molar-refractivity contribution in [1.82, 2.24) is 14.8 Å². The van der Waals surface area contributed by atoms with Crippen LogP contribution >= 0.6 is 11.6 Å². The Hall–Kier alpha value is -2.15. The smallest absolute Gasteiger partial charge is 0.361 e. The second-order valence-corrected chi connectivity index (χ2v) is 3.99. The molecule has 2 heterocycles. The number of hydrogen-bond acceptors (Lipinski definition) is 5. The minimum absolute atomic E-state index is 0.0783. The molecule has 6 nitrogen and oxygen atoms in total. The molecule has 2 aromatic rings. The lowest BCUT2D eigenvalue weighted by atomic mass is 10.4. The maximum absolute atomic E-state index is 13.7. The summed E-state index contributed by atoms with van der Waals surface area (Å²) in [5.41, 5.74) is 5.62. The number of halogens is 2. The Morgan fingerprint density at radius 3 is 3.00 bits per heavy atom. The van der Waals surface area contributed by atoms with Gasteiger partial charge in [0, 0.05) is 6.20 Å². The molecule has 0 amide bonds. The molecular weight excluding hydrogens is 275 g/mol. The molecule has 0 bridgehead atoms. The van der Waals surface area contributed by atoms with Gasteiger partial charge in [-0.3, -0.25) is 0 Å². The fourth-order valence-electron chi connectivity index (χ4n) is 1.43. The number of rotatable bonds is 3. The standard InChI is InChI=1S/C11H10ClFN4O2/c1-2-19-11(18)9-8(14)5-17(16-9)10-7(13)3-6(12)4-15-10/h3-5H,2,14H2,1H3. The molecule has 2 aromatic heterocycles. The molecule has 2 rings (SSSR count). The molecule has 100 valence electrons. The number of carbonyl (C=O) groups is 1. The molecule has 0 aliphatic carbocycles. The number of pyridine rings is 1. The fraction of sp³-hybridized carbons (Fsp3) is 0.182. The highest BCUT2D eigenvalue weighted by Gasteiger charge is 2.18. The Morgan fingerprint density at radius 1 is 1.63 bits per heavy atom. The van der Waals surface area contributed by atoms with E-state index in [-0.39, 0.29) is 28.8 Å². The lowest BCUT2D eigenvalue weighted by molar-refractivity contribution is 0.0520. The summed E-state index contributed by atoms with van der Waals surface area (Å²) in [4.78, 5) is 15.3. The van der Waals surface area contributed by atoms with Gasteiger partial charge in [-0.1, -0.05) is 11.6 Å². The second kappa shape index (κ2) is 5.23. The van der Waals surface area contributed by atoms with Crippen LogP contribution in [-0.2, 0) is 4.74 Å². The Labute approximate surface area is 112 Å². The largest absolute Gasteiger partial charge is 0.461 e. The van der Waals surface area contributed by atoms with Crippen LogP contribution in [0.3, 0.4) is 0 Å². The van der Waals surface area contributed by atoms with Gasteiger partial charge < -0.3 is 10.5 Å². The normalized spacial score (nSPS) is 10.5. The van der Waals surface area contributed by atoms with Gasteiger partial charge in [-0.25, -0.2) is 18.9 Å². The van der Waals surface area contributed by atoms with Crippen molar-refractivity contribution in [3.05, 3.63) is 35.0 Å². The van der Waals surface area contributed by atoms with Gasteiger partial charge in [0.1, 0.15) is 0 Å². The molecule has 0 aliphatic heterocycles. The molecule has 2 N–H and O–H groups in total. The lowest BCUT2D eigenvalue weighted by Crippen LogP contribution is -2.09. The number of carbonyl (C=O) groups excluding carboxylic acids is 1. The molecule has 8 heteroatoms. The van der Waals surface area contributed by atoms with E-state index in [0.29, 0.717) is 0 Å². The maximum Gasteiger partial charge on any atom is 0.361 e. The van der Waals surface area contributed by atoms with E-state index in [1.165, 1.54) is 12.4 Å². The molecule has 0 unspecified atom stereocenters. The highest BCUT2D eigenvalue weighted by Crippen LogP contribution is 2.18. The van der Waals surface area contributed by atoms with E-state index in [4.69, 9.17) is 22.1 Å². The van der Waals surface area contributed by atoms with Crippen LogP contribution in [0.5, 0.6) is 0 Å². The van der Waals surface area contributed by atoms with Crippen molar-refractivity contribution in [1.29, 1.82) is 0 Å². The summed E-state index contributed by atoms with van der Waals surface area (Å²) in [6.07, 6.45) is 2.55. The summed E-state index contributed by atoms with van der Waals surface area (Å²) in [6, 6.07) is 1.09. The Kier molecular flexibility index (Phi) is 3.66. The van der Waals surface area contributed by atoms with Crippen LogP contribution in [0.4, 0.5) is 10.1 Å². The molecule has 0 atom stereocenters. The second-order valence-electron chi connectivity index (χ2n) is 3.56. The van der Waals surface area contributed by atoms with Crippen molar-refractivity contribution < 1.29 is 13.9 Å². The lowest BCUT2D eigenvalue weighted by Gasteiger charge is -2.01. The Morgan fingerprint density at radius 2 is 2.37 bits per heavy atom. The van der Waals surface area contributed by atoms with E-state index in [1.54, 1.807) is 6.92 Å². The monoisotopic (exact) mass is 284 g/mol. The average molecular weight is 285 g/mol. The van der Waals surface area contributed by atoms with Crippen LogP contribution in [0.1, 0.15) is 17.4 Å². The van der Waals surface area contributed by atoms with Crippen LogP contribution in [0.2, 0.25) is 5.02 Å². The summed E-state index contributed by atoms with van der Waals surface area (Å²) in [5, 5.41) is 4.02. The van der Waals surface area contributed by atoms with Crippen molar-refractivity contribution in [2.75, 3.05) is 12.3 Å². The molecule has 0 saturated carbocycles. The first-order chi connectivity index (χ1) is 9.02. The van der Waals surface area contributed by atoms with Crippen molar-refractivity contribution in [2.24, 2.45) is 0 Å². The van der Waals surface area contributed by atoms with Gasteiger partial charge in [-0.05, 0) is 13.0 Å². The average Bonchev–Trinajstić information content (AvgIpc) is 2.71. The molecule has 0 aromatic carbocycles. The first-order valence-corrected chi connectivity index (χ1v) is 5.74. The predicted molar refractivity (Wildman–Crippen MR) is 66.7 cm³/mol. The van der Waals surface area contributed by atoms with Gasteiger partial charge >= 0.3 is 5.97 Å². The van der Waals surface area contributed by atoms with Crippen LogP contribution in [0.25, 0.3) is 5.82 Å². The molecule has 19 heavy (non-hydrogen) atoms. The van der Waals surface area contributed by atoms with E-state index >= 15 is 0 Å². The number of nitrogens with zero attached hydrogens (tertiary/aromatic N) is 3. The van der Waals surface area contributed by atoms with Gasteiger partial charge in [-0.15, -0.1) is 0 Å². The number of esters is 1. The molecule has 0 fully saturated rings. The topological polar surface area (TPSA) is 83.0 Å². The molecule has 0 saturated heterocycles. The summed E-state index contributed by atoms with van der Waals surface area (Å²) in [7, 11) is 0. The fourth-order valence-corrected chi connectivity index (χ4v) is 1.57. The Bertz CT molecular complexity index is 629. The molecular formula is C11H10ClFN4O2. The van der Waals surface area contributed by atoms with E-state index < -0.39 is 11.8 Å². The first-order valence-electron chi connectivity index (χ1n) is 5.36. The van der Waals surface area contributed by atoms with Crippen molar-refractivity contribution in [3.8, 4) is 5.82 Å². The summed E-state index contributed by atoms with van der Waals surface area (Å²) in [6.45, 7) is 1.85. The minimum atomic E-state index is -0.676. The van der Waals surface area contributed by atoms with E-state index in [1.807, 2.05) is 0 Å². The predicted octanol–water partition coefficient (Wildman–Crippen LogP) is 1.82. The number of aromatic nitrogens is 3. The number of nitrogen functional groups attached to an aromatic ring is 1. The maximum atomic E-state index is 13.7. The van der Waals surface area contributed by atoms with Gasteiger partial charge in [0.15, 0.2) is 17.3 Å². The third-order valence-electron chi connectivity index (χ3n) is 2.22. The number of hydrogen-bond donors (Lipinski definition) is 1. The summed E-state index contributed by atoms with van der Waals surface area (Å²) in [5.74, 6) is -1.45. The highest BCUT2D eigenvalue weighted by molar-refractivity contribution is 6.30. The van der Waals surface area contributed by atoms with Gasteiger partial charge in [-0.2, -0.15) is 5.10 Å². The van der Waals surface area contributed by atoms with Crippen molar-refractivity contribution in [3.63, 3.8) is 0 Å². The van der Waals surface area contributed by atoms with Gasteiger partial charge in [0.2, 0.25) is 0 Å². The number of anilines is 1. The van der Waals surface area contributed by atoms with Crippen LogP contribution < -0.4 is 5.73 Å². The summed E-state index contributed by atoms with van der Waals surface area (Å²) < 4.78 is 19.5. The zero-order chi connectivity index (χ0) is 14.0. The van der Waals surface area contributed by atoms with E-state index in [2.05, 4.69) is 10.1 Å². The molecule has 0 spiro atoms. The van der Waals surface area contributed by atoms with Gasteiger partial charge in [0.25, 0.3) is 0 Å². The van der Waals surface area contributed by atoms with Gasteiger partial charge in [0.05, 0.1) is 23.5 Å². The van der Waals surface area contributed by atoms with Crippen molar-refractivity contribution >= 4 is 23.3 Å². The van der Waals surface area contributed by atoms with E-state index in [9.17, 15) is 9.18 Å². The number of ether oxygens (including phenoxy) is 1. The molecule has 0 aliphatic rings. The first kappa shape index (κ1) is 13.3. The quantitative estimate of drug-likeness (QED) is 0.869. The minimum Gasteiger partial charge on any atom is -0.461 e. The van der Waals surface area contributed by atoms with Crippen LogP contribution in [-0.4, -0.2) is 27.3 Å². The number of nitrogens with two attached hydrogens (primary N) is 1. The summed E-state index contributed by atoms with van der Waals surface area (Å²) >= 11 is 5.60. The van der Waals surface area contributed by atoms with Crippen LogP contribution in [0.15, 0.2) is 18.5 Å². The third kappa shape index (κ3) is 2.65.